The highest BCUT2D eigenvalue weighted by atomic mass is 16.7. The smallest absolute Gasteiger partial charge is 0.187 e. The Kier molecular flexibility index (Phi) is 6.61. The summed E-state index contributed by atoms with van der Waals surface area (Å²) in [5.74, 6) is 0. The molecular formula is C13H18BO6. The largest absolute Gasteiger partial charge is 0.394 e. The van der Waals surface area contributed by atoms with Crippen LogP contribution in [0.5, 0.6) is 0 Å². The van der Waals surface area contributed by atoms with E-state index >= 15 is 0 Å². The van der Waals surface area contributed by atoms with Crippen LogP contribution in [0, 0.1) is 0 Å². The molecule has 1 heterocycles. The SMILES string of the molecule is OC[C@H]1O[C@@H](OCc2ccccc2)[C@H](O)[C@@H](O)[C@@H]1O.[B]. The van der Waals surface area contributed by atoms with Crippen molar-refractivity contribution in [3.05, 3.63) is 35.9 Å². The van der Waals surface area contributed by atoms with Gasteiger partial charge in [-0.15, -0.1) is 0 Å². The highest BCUT2D eigenvalue weighted by molar-refractivity contribution is 5.75. The molecule has 0 spiro atoms. The first-order chi connectivity index (χ1) is 9.13. The topological polar surface area (TPSA) is 99.4 Å². The Morgan fingerprint density at radius 1 is 1.00 bits per heavy atom. The van der Waals surface area contributed by atoms with E-state index in [0.29, 0.717) is 0 Å². The molecule has 1 aliphatic heterocycles. The molecule has 3 radical (unpaired) electrons. The van der Waals surface area contributed by atoms with E-state index in [9.17, 15) is 15.3 Å². The number of hydrogen-bond acceptors (Lipinski definition) is 6. The molecule has 1 fully saturated rings. The normalized spacial score (nSPS) is 33.5. The van der Waals surface area contributed by atoms with Crippen LogP contribution >= 0.6 is 0 Å². The molecule has 1 aromatic carbocycles. The molecule has 1 aromatic rings. The molecule has 1 saturated heterocycles. The van der Waals surface area contributed by atoms with E-state index in [1.54, 1.807) is 0 Å². The fourth-order valence-electron chi connectivity index (χ4n) is 1.96. The van der Waals surface area contributed by atoms with Gasteiger partial charge in [-0.2, -0.15) is 0 Å². The molecule has 0 aromatic heterocycles. The van der Waals surface area contributed by atoms with E-state index in [2.05, 4.69) is 0 Å². The van der Waals surface area contributed by atoms with Crippen LogP contribution in [-0.2, 0) is 16.1 Å². The number of rotatable bonds is 4. The predicted octanol–water partition coefficient (Wildman–Crippen LogP) is -1.38. The maximum absolute atomic E-state index is 9.76. The van der Waals surface area contributed by atoms with Crippen molar-refractivity contribution >= 4 is 8.41 Å². The number of benzene rings is 1. The Bertz CT molecular complexity index is 388. The first kappa shape index (κ1) is 17.1. The molecule has 2 rings (SSSR count). The molecule has 0 aliphatic carbocycles. The molecule has 109 valence electrons. The van der Waals surface area contributed by atoms with Crippen LogP contribution in [0.1, 0.15) is 5.56 Å². The first-order valence-corrected chi connectivity index (χ1v) is 6.09. The number of aliphatic hydroxyl groups is 4. The van der Waals surface area contributed by atoms with Crippen LogP contribution in [0.25, 0.3) is 0 Å². The van der Waals surface area contributed by atoms with Gasteiger partial charge in [-0.3, -0.25) is 0 Å². The van der Waals surface area contributed by atoms with Gasteiger partial charge in [0, 0.05) is 8.41 Å². The molecule has 5 atom stereocenters. The zero-order valence-corrected chi connectivity index (χ0v) is 10.9. The maximum Gasteiger partial charge on any atom is 0.187 e. The highest BCUT2D eigenvalue weighted by Crippen LogP contribution is 2.22. The van der Waals surface area contributed by atoms with Gasteiger partial charge in [0.2, 0.25) is 0 Å². The Morgan fingerprint density at radius 2 is 1.65 bits per heavy atom. The lowest BCUT2D eigenvalue weighted by Crippen LogP contribution is -2.59. The van der Waals surface area contributed by atoms with Gasteiger partial charge in [-0.25, -0.2) is 0 Å². The van der Waals surface area contributed by atoms with Crippen molar-refractivity contribution in [1.82, 2.24) is 0 Å². The summed E-state index contributed by atoms with van der Waals surface area (Å²) in [4.78, 5) is 0. The lowest BCUT2D eigenvalue weighted by atomic mass is 9.99. The maximum atomic E-state index is 9.76. The average Bonchev–Trinajstić information content (AvgIpc) is 2.45. The number of ether oxygens (including phenoxy) is 2. The fourth-order valence-corrected chi connectivity index (χ4v) is 1.96. The summed E-state index contributed by atoms with van der Waals surface area (Å²) in [5, 5.41) is 38.0. The van der Waals surface area contributed by atoms with Crippen molar-refractivity contribution in [3.63, 3.8) is 0 Å². The third-order valence-corrected chi connectivity index (χ3v) is 3.11. The van der Waals surface area contributed by atoms with E-state index in [1.165, 1.54) is 0 Å². The van der Waals surface area contributed by atoms with Crippen molar-refractivity contribution in [3.8, 4) is 0 Å². The summed E-state index contributed by atoms with van der Waals surface area (Å²) >= 11 is 0. The minimum atomic E-state index is -1.41. The van der Waals surface area contributed by atoms with Crippen molar-refractivity contribution in [2.24, 2.45) is 0 Å². The molecule has 20 heavy (non-hydrogen) atoms. The molecule has 0 bridgehead atoms. The van der Waals surface area contributed by atoms with E-state index in [-0.39, 0.29) is 15.0 Å². The van der Waals surface area contributed by atoms with E-state index in [1.807, 2.05) is 30.3 Å². The number of aliphatic hydroxyl groups excluding tert-OH is 4. The summed E-state index contributed by atoms with van der Waals surface area (Å²) in [6, 6.07) is 9.28. The zero-order chi connectivity index (χ0) is 13.8. The van der Waals surface area contributed by atoms with Gasteiger partial charge in [-0.1, -0.05) is 30.3 Å². The Hall–Kier alpha value is -0.955. The van der Waals surface area contributed by atoms with Crippen molar-refractivity contribution in [2.45, 2.75) is 37.3 Å². The van der Waals surface area contributed by atoms with Gasteiger partial charge in [0.1, 0.15) is 24.4 Å². The molecule has 4 N–H and O–H groups in total. The Labute approximate surface area is 119 Å². The summed E-state index contributed by atoms with van der Waals surface area (Å²) in [5.41, 5.74) is 0.888. The zero-order valence-electron chi connectivity index (χ0n) is 10.9. The third-order valence-electron chi connectivity index (χ3n) is 3.11. The van der Waals surface area contributed by atoms with Crippen LogP contribution in [0.4, 0.5) is 0 Å². The van der Waals surface area contributed by atoms with Gasteiger partial charge in [0.25, 0.3) is 0 Å². The van der Waals surface area contributed by atoms with Crippen molar-refractivity contribution < 1.29 is 29.9 Å². The summed E-state index contributed by atoms with van der Waals surface area (Å²) in [6.07, 6.45) is -6.17. The first-order valence-electron chi connectivity index (χ1n) is 6.09. The lowest BCUT2D eigenvalue weighted by Gasteiger charge is -2.39. The van der Waals surface area contributed by atoms with Crippen molar-refractivity contribution in [1.29, 1.82) is 0 Å². The van der Waals surface area contributed by atoms with Gasteiger partial charge in [0.15, 0.2) is 6.29 Å². The fraction of sp³-hybridized carbons (Fsp3) is 0.538. The van der Waals surface area contributed by atoms with Crippen LogP contribution < -0.4 is 0 Å². The quantitative estimate of drug-likeness (QED) is 0.508. The summed E-state index contributed by atoms with van der Waals surface area (Å²) < 4.78 is 10.6. The van der Waals surface area contributed by atoms with E-state index in [4.69, 9.17) is 14.6 Å². The third kappa shape index (κ3) is 3.79. The molecule has 0 unspecified atom stereocenters. The second-order valence-corrected chi connectivity index (χ2v) is 4.49. The standard InChI is InChI=1S/C13H18O6.B/c14-6-9-10(15)11(16)12(17)13(19-9)18-7-8-4-2-1-3-5-8;/h1-5,9-17H,6-7H2;/t9-,10-,11+,12-,13-;/m1./s1. The minimum Gasteiger partial charge on any atom is -0.394 e. The Balaban J connectivity index is 0.00000200. The van der Waals surface area contributed by atoms with Crippen LogP contribution in [0.3, 0.4) is 0 Å². The molecular weight excluding hydrogens is 263 g/mol. The molecule has 7 heteroatoms. The van der Waals surface area contributed by atoms with E-state index in [0.717, 1.165) is 5.56 Å². The molecule has 6 nitrogen and oxygen atoms in total. The Morgan fingerprint density at radius 3 is 2.25 bits per heavy atom. The van der Waals surface area contributed by atoms with Crippen LogP contribution in [0.15, 0.2) is 30.3 Å². The molecule has 1 aliphatic rings. The molecule has 0 amide bonds. The van der Waals surface area contributed by atoms with Gasteiger partial charge in [0.05, 0.1) is 13.2 Å². The van der Waals surface area contributed by atoms with Gasteiger partial charge in [-0.05, 0) is 5.56 Å². The van der Waals surface area contributed by atoms with Crippen molar-refractivity contribution in [2.75, 3.05) is 6.61 Å². The average molecular weight is 281 g/mol. The van der Waals surface area contributed by atoms with E-state index < -0.39 is 37.3 Å². The molecule has 0 saturated carbocycles. The predicted molar refractivity (Wildman–Crippen MR) is 70.8 cm³/mol. The van der Waals surface area contributed by atoms with Gasteiger partial charge < -0.3 is 29.9 Å². The summed E-state index contributed by atoms with van der Waals surface area (Å²) in [6.45, 7) is -0.264. The lowest BCUT2D eigenvalue weighted by molar-refractivity contribution is -0.304. The highest BCUT2D eigenvalue weighted by Gasteiger charge is 2.43. The summed E-state index contributed by atoms with van der Waals surface area (Å²) in [7, 11) is 0. The van der Waals surface area contributed by atoms with Crippen LogP contribution in [-0.4, -0.2) is 66.2 Å². The van der Waals surface area contributed by atoms with Crippen LogP contribution in [0.2, 0.25) is 0 Å². The second kappa shape index (κ2) is 7.73. The number of hydrogen-bond donors (Lipinski definition) is 4. The van der Waals surface area contributed by atoms with Gasteiger partial charge >= 0.3 is 0 Å². The monoisotopic (exact) mass is 281 g/mol. The second-order valence-electron chi connectivity index (χ2n) is 4.49. The minimum absolute atomic E-state index is 0.